The van der Waals surface area contributed by atoms with Crippen LogP contribution >= 0.6 is 0 Å². The van der Waals surface area contributed by atoms with Gasteiger partial charge >= 0.3 is 0 Å². The Labute approximate surface area is 106 Å². The predicted octanol–water partition coefficient (Wildman–Crippen LogP) is 3.14. The maximum Gasteiger partial charge on any atom is 0.0728 e. The van der Waals surface area contributed by atoms with Gasteiger partial charge in [-0.2, -0.15) is 0 Å². The summed E-state index contributed by atoms with van der Waals surface area (Å²) in [4.78, 5) is 0. The molecule has 0 aromatic rings. The molecular weight excluding hydrogens is 212 g/mol. The van der Waals surface area contributed by atoms with Gasteiger partial charge in [0.15, 0.2) is 0 Å². The van der Waals surface area contributed by atoms with E-state index in [1.165, 1.54) is 0 Å². The predicted molar refractivity (Wildman–Crippen MR) is 71.7 cm³/mol. The van der Waals surface area contributed by atoms with Crippen molar-refractivity contribution in [3.63, 3.8) is 0 Å². The van der Waals surface area contributed by atoms with Crippen molar-refractivity contribution in [1.29, 1.82) is 0 Å². The summed E-state index contributed by atoms with van der Waals surface area (Å²) in [5.74, 6) is 0.920. The molecule has 1 aliphatic rings. The van der Waals surface area contributed by atoms with E-state index in [-0.39, 0.29) is 0 Å². The van der Waals surface area contributed by atoms with Crippen LogP contribution in [0.1, 0.15) is 53.4 Å². The first kappa shape index (κ1) is 14.7. The van der Waals surface area contributed by atoms with Crippen molar-refractivity contribution >= 4 is 0 Å². The molecule has 0 radical (unpaired) electrons. The molecule has 0 aromatic heterocycles. The van der Waals surface area contributed by atoms with Crippen molar-refractivity contribution in [2.24, 2.45) is 17.3 Å². The summed E-state index contributed by atoms with van der Waals surface area (Å²) >= 11 is 0. The molecule has 0 amide bonds. The Balaban J connectivity index is 2.92. The van der Waals surface area contributed by atoms with Gasteiger partial charge in [-0.1, -0.05) is 33.8 Å². The first-order valence-corrected chi connectivity index (χ1v) is 6.76. The monoisotopic (exact) mass is 240 g/mol. The molecule has 3 atom stereocenters. The molecule has 2 heteroatoms. The van der Waals surface area contributed by atoms with E-state index in [0.717, 1.165) is 19.3 Å². The van der Waals surface area contributed by atoms with Crippen LogP contribution in [0.3, 0.4) is 0 Å². The third-order valence-corrected chi connectivity index (χ3v) is 4.86. The lowest BCUT2D eigenvalue weighted by Gasteiger charge is -2.53. The number of aliphatic hydroxyl groups is 2. The van der Waals surface area contributed by atoms with Gasteiger partial charge in [-0.25, -0.2) is 0 Å². The number of hydrogen-bond acceptors (Lipinski definition) is 2. The molecular formula is C15H28O2. The Morgan fingerprint density at radius 1 is 1.41 bits per heavy atom. The Bertz CT molecular complexity index is 270. The number of hydrogen-bond donors (Lipinski definition) is 2. The van der Waals surface area contributed by atoms with Crippen molar-refractivity contribution in [3.05, 3.63) is 12.7 Å². The van der Waals surface area contributed by atoms with Gasteiger partial charge in [0.05, 0.1) is 11.7 Å². The summed E-state index contributed by atoms with van der Waals surface area (Å²) in [6.45, 7) is 12.0. The van der Waals surface area contributed by atoms with E-state index in [1.807, 2.05) is 19.9 Å². The van der Waals surface area contributed by atoms with E-state index in [1.54, 1.807) is 0 Å². The molecule has 0 spiro atoms. The molecule has 1 fully saturated rings. The van der Waals surface area contributed by atoms with Gasteiger partial charge in [0.25, 0.3) is 0 Å². The summed E-state index contributed by atoms with van der Waals surface area (Å²) in [6.07, 6.45) is 4.53. The lowest BCUT2D eigenvalue weighted by molar-refractivity contribution is -0.177. The second-order valence-electron chi connectivity index (χ2n) is 6.54. The van der Waals surface area contributed by atoms with Crippen molar-refractivity contribution < 1.29 is 10.2 Å². The number of allylic oxidation sites excluding steroid dienone is 1. The van der Waals surface area contributed by atoms with Crippen LogP contribution in [0.15, 0.2) is 12.7 Å². The molecule has 0 aromatic carbocycles. The zero-order chi connectivity index (χ0) is 13.3. The lowest BCUT2D eigenvalue weighted by Crippen LogP contribution is -2.57. The molecule has 0 aliphatic heterocycles. The second-order valence-corrected chi connectivity index (χ2v) is 6.54. The number of rotatable bonds is 4. The smallest absolute Gasteiger partial charge is 0.0728 e. The highest BCUT2D eigenvalue weighted by Crippen LogP contribution is 2.50. The van der Waals surface area contributed by atoms with Gasteiger partial charge in [-0.15, -0.1) is 6.58 Å². The fourth-order valence-electron chi connectivity index (χ4n) is 2.94. The van der Waals surface area contributed by atoms with Gasteiger partial charge < -0.3 is 10.2 Å². The van der Waals surface area contributed by atoms with Crippen LogP contribution in [0.2, 0.25) is 0 Å². The molecule has 0 saturated heterocycles. The summed E-state index contributed by atoms with van der Waals surface area (Å²) in [6, 6.07) is 0. The third kappa shape index (κ3) is 2.74. The van der Waals surface area contributed by atoms with E-state index < -0.39 is 17.1 Å². The normalized spacial score (nSPS) is 37.1. The summed E-state index contributed by atoms with van der Waals surface area (Å²) < 4.78 is 0. The summed E-state index contributed by atoms with van der Waals surface area (Å²) in [7, 11) is 0. The first-order chi connectivity index (χ1) is 7.74. The molecule has 17 heavy (non-hydrogen) atoms. The van der Waals surface area contributed by atoms with Crippen LogP contribution in [-0.4, -0.2) is 21.9 Å². The fourth-order valence-corrected chi connectivity index (χ4v) is 2.94. The average Bonchev–Trinajstić information content (AvgIpc) is 2.23. The molecule has 1 aliphatic carbocycles. The topological polar surface area (TPSA) is 40.5 Å². The zero-order valence-corrected chi connectivity index (χ0v) is 11.7. The highest BCUT2D eigenvalue weighted by atomic mass is 16.3. The minimum absolute atomic E-state index is 0.410. The number of aliphatic hydroxyl groups excluding tert-OH is 1. The van der Waals surface area contributed by atoms with E-state index in [9.17, 15) is 10.2 Å². The third-order valence-electron chi connectivity index (χ3n) is 4.86. The largest absolute Gasteiger partial charge is 0.392 e. The molecule has 1 rings (SSSR count). The van der Waals surface area contributed by atoms with Crippen molar-refractivity contribution in [2.45, 2.75) is 65.1 Å². The molecule has 0 unspecified atom stereocenters. The minimum Gasteiger partial charge on any atom is -0.392 e. The van der Waals surface area contributed by atoms with E-state index in [2.05, 4.69) is 20.4 Å². The van der Waals surface area contributed by atoms with Gasteiger partial charge in [0.1, 0.15) is 0 Å². The molecule has 2 N–H and O–H groups in total. The Morgan fingerprint density at radius 2 is 2.00 bits per heavy atom. The van der Waals surface area contributed by atoms with Gasteiger partial charge in [-0.05, 0) is 37.5 Å². The fraction of sp³-hybridized carbons (Fsp3) is 0.867. The quantitative estimate of drug-likeness (QED) is 0.741. The van der Waals surface area contributed by atoms with Crippen LogP contribution in [0.25, 0.3) is 0 Å². The van der Waals surface area contributed by atoms with Crippen LogP contribution in [-0.2, 0) is 0 Å². The Morgan fingerprint density at radius 3 is 2.47 bits per heavy atom. The van der Waals surface area contributed by atoms with Crippen molar-refractivity contribution in [1.82, 2.24) is 0 Å². The maximum absolute atomic E-state index is 10.9. The molecule has 100 valence electrons. The molecule has 0 heterocycles. The lowest BCUT2D eigenvalue weighted by atomic mass is 9.57. The Hall–Kier alpha value is -0.340. The molecule has 0 bridgehead atoms. The zero-order valence-electron chi connectivity index (χ0n) is 11.7. The van der Waals surface area contributed by atoms with Crippen LogP contribution in [0.5, 0.6) is 0 Å². The highest BCUT2D eigenvalue weighted by molar-refractivity contribution is 5.04. The van der Waals surface area contributed by atoms with E-state index in [0.29, 0.717) is 18.3 Å². The standard InChI is InChI=1S/C15H28O2/c1-6-7-8-15(17)10-12(11(2)3)9-13(16)14(15,4)5/h6,11-13,16-17H,1,7-10H2,2-5H3/t12-,13-,15-/m1/s1. The second kappa shape index (κ2) is 5.11. The van der Waals surface area contributed by atoms with Crippen LogP contribution < -0.4 is 0 Å². The molecule has 2 nitrogen and oxygen atoms in total. The SMILES string of the molecule is C=CCC[C@@]1(O)C[C@H](C(C)C)C[C@@H](O)C1(C)C. The summed E-state index contributed by atoms with van der Waals surface area (Å²) in [5, 5.41) is 21.2. The van der Waals surface area contributed by atoms with E-state index in [4.69, 9.17) is 0 Å². The minimum atomic E-state index is -0.770. The average molecular weight is 240 g/mol. The van der Waals surface area contributed by atoms with Gasteiger partial charge in [-0.3, -0.25) is 0 Å². The summed E-state index contributed by atoms with van der Waals surface area (Å²) in [5.41, 5.74) is -1.20. The highest BCUT2D eigenvalue weighted by Gasteiger charge is 2.52. The van der Waals surface area contributed by atoms with Crippen molar-refractivity contribution in [2.75, 3.05) is 0 Å². The van der Waals surface area contributed by atoms with Gasteiger partial charge in [0, 0.05) is 5.41 Å². The molecule has 1 saturated carbocycles. The van der Waals surface area contributed by atoms with Crippen LogP contribution in [0.4, 0.5) is 0 Å². The first-order valence-electron chi connectivity index (χ1n) is 6.76. The van der Waals surface area contributed by atoms with Gasteiger partial charge in [0.2, 0.25) is 0 Å². The Kier molecular flexibility index (Phi) is 4.43. The van der Waals surface area contributed by atoms with E-state index >= 15 is 0 Å². The maximum atomic E-state index is 10.9. The van der Waals surface area contributed by atoms with Crippen LogP contribution in [0, 0.1) is 17.3 Å². The van der Waals surface area contributed by atoms with Crippen molar-refractivity contribution in [3.8, 4) is 0 Å².